The van der Waals surface area contributed by atoms with Crippen LogP contribution in [-0.4, -0.2) is 55.5 Å². The van der Waals surface area contributed by atoms with Crippen molar-refractivity contribution in [2.75, 3.05) is 26.2 Å². The Kier molecular flexibility index (Phi) is 7.06. The average molecular weight is 481 g/mol. The Hall–Kier alpha value is -1.39. The molecule has 1 fully saturated rings. The van der Waals surface area contributed by atoms with Crippen LogP contribution in [0.3, 0.4) is 0 Å². The summed E-state index contributed by atoms with van der Waals surface area (Å²) in [6, 6.07) is 10.1. The largest absolute Gasteiger partial charge is 0.336 e. The summed E-state index contributed by atoms with van der Waals surface area (Å²) in [5.41, 5.74) is 0.359. The third-order valence-corrected chi connectivity index (χ3v) is 7.70. The predicted molar refractivity (Wildman–Crippen MR) is 109 cm³/mol. The maximum Gasteiger partial charge on any atom is 0.288 e. The van der Waals surface area contributed by atoms with E-state index in [9.17, 15) is 22.0 Å². The van der Waals surface area contributed by atoms with Gasteiger partial charge in [-0.15, -0.1) is 0 Å². The number of nitrogens with zero attached hydrogens (tertiary/aromatic N) is 2. The van der Waals surface area contributed by atoms with Gasteiger partial charge in [0.25, 0.3) is 11.7 Å². The fourth-order valence-corrected chi connectivity index (χ4v) is 5.57. The number of sulfonamides is 1. The van der Waals surface area contributed by atoms with Gasteiger partial charge in [0.2, 0.25) is 10.0 Å². The monoisotopic (exact) mass is 480 g/mol. The van der Waals surface area contributed by atoms with Crippen molar-refractivity contribution in [3.05, 3.63) is 58.1 Å². The summed E-state index contributed by atoms with van der Waals surface area (Å²) in [5.74, 6) is -2.81. The minimum Gasteiger partial charge on any atom is -0.336 e. The van der Waals surface area contributed by atoms with Gasteiger partial charge in [-0.3, -0.25) is 4.79 Å². The molecule has 3 rings (SSSR count). The molecule has 0 radical (unpaired) electrons. The molecule has 1 aliphatic rings. The third kappa shape index (κ3) is 5.21. The average Bonchev–Trinajstić information content (AvgIpc) is 2.69. The lowest BCUT2D eigenvalue weighted by molar-refractivity contribution is 0.0698. The summed E-state index contributed by atoms with van der Waals surface area (Å²) in [7, 11) is -3.84. The molecule has 0 atom stereocenters. The first-order chi connectivity index (χ1) is 13.7. The Morgan fingerprint density at radius 3 is 2.21 bits per heavy atom. The van der Waals surface area contributed by atoms with Crippen LogP contribution in [0.4, 0.5) is 8.78 Å². The second-order valence-corrected chi connectivity index (χ2v) is 9.99. The molecule has 1 saturated heterocycles. The molecule has 11 heteroatoms. The molecule has 5 nitrogen and oxygen atoms in total. The van der Waals surface area contributed by atoms with Crippen LogP contribution in [-0.2, 0) is 10.0 Å². The molecule has 2 aromatic carbocycles. The van der Waals surface area contributed by atoms with E-state index < -0.39 is 15.8 Å². The minimum absolute atomic E-state index is 0.0708. The van der Waals surface area contributed by atoms with Gasteiger partial charge in [-0.2, -0.15) is 13.1 Å². The molecule has 156 valence electrons. The SMILES string of the molecule is O=C(c1ccc(SC(F)F)cc1)N1CCN(S(=O)(=O)c2cc(Cl)ccc2Cl)CC1. The lowest BCUT2D eigenvalue weighted by Gasteiger charge is -2.34. The van der Waals surface area contributed by atoms with Crippen LogP contribution in [0.15, 0.2) is 52.3 Å². The topological polar surface area (TPSA) is 57.7 Å². The van der Waals surface area contributed by atoms with E-state index in [2.05, 4.69) is 0 Å². The van der Waals surface area contributed by atoms with E-state index in [0.717, 1.165) is 0 Å². The van der Waals surface area contributed by atoms with Gasteiger partial charge in [0.1, 0.15) is 4.90 Å². The standard InChI is InChI=1S/C18H16Cl2F2N2O3S2/c19-13-3-6-15(20)16(11-13)29(26,27)24-9-7-23(8-10-24)17(25)12-1-4-14(5-2-12)28-18(21)22/h1-6,11,18H,7-10H2. The zero-order valence-corrected chi connectivity index (χ0v) is 18.0. The van der Waals surface area contributed by atoms with Crippen molar-refractivity contribution in [2.24, 2.45) is 0 Å². The summed E-state index contributed by atoms with van der Waals surface area (Å²) < 4.78 is 51.7. The molecular formula is C18H16Cl2F2N2O3S2. The van der Waals surface area contributed by atoms with Crippen LogP contribution in [0.2, 0.25) is 10.0 Å². The summed E-state index contributed by atoms with van der Waals surface area (Å²) in [6.45, 7) is 0.611. The molecule has 0 bridgehead atoms. The Bertz CT molecular complexity index is 997. The van der Waals surface area contributed by atoms with Crippen molar-refractivity contribution in [3.63, 3.8) is 0 Å². The van der Waals surface area contributed by atoms with E-state index in [4.69, 9.17) is 23.2 Å². The molecule has 0 spiro atoms. The normalized spacial score (nSPS) is 15.7. The first kappa shape index (κ1) is 22.3. The fraction of sp³-hybridized carbons (Fsp3) is 0.278. The van der Waals surface area contributed by atoms with Gasteiger partial charge in [0.05, 0.1) is 5.02 Å². The molecule has 0 unspecified atom stereocenters. The van der Waals surface area contributed by atoms with Crippen LogP contribution in [0, 0.1) is 0 Å². The summed E-state index contributed by atoms with van der Waals surface area (Å²) in [5, 5.41) is 0.338. The van der Waals surface area contributed by atoms with E-state index >= 15 is 0 Å². The molecular weight excluding hydrogens is 465 g/mol. The van der Waals surface area contributed by atoms with Crippen molar-refractivity contribution in [1.82, 2.24) is 9.21 Å². The second-order valence-electron chi connectivity index (χ2n) is 6.17. The number of hydrogen-bond donors (Lipinski definition) is 0. The van der Waals surface area contributed by atoms with E-state index in [1.807, 2.05) is 0 Å². The number of alkyl halides is 2. The predicted octanol–water partition coefficient (Wildman–Crippen LogP) is 4.45. The maximum atomic E-state index is 12.8. The molecule has 0 aromatic heterocycles. The number of piperazine rings is 1. The van der Waals surface area contributed by atoms with Crippen molar-refractivity contribution in [2.45, 2.75) is 15.5 Å². The lowest BCUT2D eigenvalue weighted by atomic mass is 10.2. The van der Waals surface area contributed by atoms with Crippen molar-refractivity contribution >= 4 is 50.9 Å². The quantitative estimate of drug-likeness (QED) is 0.592. The highest BCUT2D eigenvalue weighted by Crippen LogP contribution is 2.29. The zero-order valence-electron chi connectivity index (χ0n) is 14.9. The number of rotatable bonds is 5. The number of halogens is 4. The van der Waals surface area contributed by atoms with E-state index in [-0.39, 0.29) is 47.0 Å². The van der Waals surface area contributed by atoms with Crippen LogP contribution in [0.25, 0.3) is 0 Å². The lowest BCUT2D eigenvalue weighted by Crippen LogP contribution is -2.50. The first-order valence-corrected chi connectivity index (χ1v) is 11.6. The fourth-order valence-electron chi connectivity index (χ4n) is 2.91. The van der Waals surface area contributed by atoms with Crippen molar-refractivity contribution in [1.29, 1.82) is 0 Å². The van der Waals surface area contributed by atoms with Gasteiger partial charge in [-0.25, -0.2) is 8.42 Å². The first-order valence-electron chi connectivity index (χ1n) is 8.48. The number of benzene rings is 2. The van der Waals surface area contributed by atoms with Crippen molar-refractivity contribution in [3.8, 4) is 0 Å². The smallest absolute Gasteiger partial charge is 0.288 e. The highest BCUT2D eigenvalue weighted by atomic mass is 35.5. The van der Waals surface area contributed by atoms with Gasteiger partial charge < -0.3 is 4.90 Å². The Balaban J connectivity index is 1.67. The zero-order chi connectivity index (χ0) is 21.2. The molecule has 2 aromatic rings. The van der Waals surface area contributed by atoms with Crippen LogP contribution >= 0.6 is 35.0 Å². The van der Waals surface area contributed by atoms with Gasteiger partial charge >= 0.3 is 0 Å². The van der Waals surface area contributed by atoms with Gasteiger partial charge in [0, 0.05) is 41.7 Å². The second kappa shape index (κ2) is 9.18. The van der Waals surface area contributed by atoms with E-state index in [1.165, 1.54) is 51.7 Å². The van der Waals surface area contributed by atoms with E-state index in [0.29, 0.717) is 22.2 Å². The molecule has 1 aliphatic heterocycles. The van der Waals surface area contributed by atoms with E-state index in [1.54, 1.807) is 0 Å². The summed E-state index contributed by atoms with van der Waals surface area (Å²) >= 11 is 12.3. The van der Waals surface area contributed by atoms with Crippen molar-refractivity contribution < 1.29 is 22.0 Å². The molecule has 0 saturated carbocycles. The highest BCUT2D eigenvalue weighted by molar-refractivity contribution is 7.99. The number of carbonyl (C=O) groups is 1. The van der Waals surface area contributed by atoms with Crippen LogP contribution in [0.1, 0.15) is 10.4 Å². The minimum atomic E-state index is -3.84. The van der Waals surface area contributed by atoms with Gasteiger partial charge in [-0.1, -0.05) is 35.0 Å². The van der Waals surface area contributed by atoms with Gasteiger partial charge in [-0.05, 0) is 42.5 Å². The number of amides is 1. The Labute approximate surface area is 181 Å². The number of hydrogen-bond acceptors (Lipinski definition) is 4. The number of thioether (sulfide) groups is 1. The molecule has 29 heavy (non-hydrogen) atoms. The maximum absolute atomic E-state index is 12.8. The molecule has 0 N–H and O–H groups in total. The Morgan fingerprint density at radius 2 is 1.62 bits per heavy atom. The van der Waals surface area contributed by atoms with Gasteiger partial charge in [0.15, 0.2) is 0 Å². The summed E-state index contributed by atoms with van der Waals surface area (Å²) in [6.07, 6.45) is 0. The Morgan fingerprint density at radius 1 is 1.00 bits per heavy atom. The molecule has 0 aliphatic carbocycles. The number of carbonyl (C=O) groups excluding carboxylic acids is 1. The van der Waals surface area contributed by atoms with Crippen LogP contribution in [0.5, 0.6) is 0 Å². The third-order valence-electron chi connectivity index (χ3n) is 4.36. The molecule has 1 amide bonds. The summed E-state index contributed by atoms with van der Waals surface area (Å²) in [4.78, 5) is 14.4. The highest BCUT2D eigenvalue weighted by Gasteiger charge is 2.32. The molecule has 1 heterocycles. The van der Waals surface area contributed by atoms with Crippen LogP contribution < -0.4 is 0 Å².